The van der Waals surface area contributed by atoms with Crippen LogP contribution in [0.5, 0.6) is 0 Å². The molecule has 0 spiro atoms. The van der Waals surface area contributed by atoms with Crippen LogP contribution in [0.4, 0.5) is 14.7 Å². The van der Waals surface area contributed by atoms with Crippen molar-refractivity contribution in [1.82, 2.24) is 5.16 Å². The average molecular weight is 351 g/mol. The molecular formula is C15H9BrF2N2O. The summed E-state index contributed by atoms with van der Waals surface area (Å²) in [6.07, 6.45) is 0. The van der Waals surface area contributed by atoms with Crippen molar-refractivity contribution in [2.24, 2.45) is 0 Å². The zero-order chi connectivity index (χ0) is 15.0. The highest BCUT2D eigenvalue weighted by molar-refractivity contribution is 9.10. The molecule has 0 amide bonds. The van der Waals surface area contributed by atoms with Gasteiger partial charge in [0.25, 0.3) is 0 Å². The van der Waals surface area contributed by atoms with Gasteiger partial charge in [0.15, 0.2) is 0 Å². The van der Waals surface area contributed by atoms with E-state index in [2.05, 4.69) is 21.1 Å². The molecule has 0 bridgehead atoms. The van der Waals surface area contributed by atoms with Crippen LogP contribution < -0.4 is 5.73 Å². The Kier molecular flexibility index (Phi) is 3.47. The van der Waals surface area contributed by atoms with Gasteiger partial charge in [0.1, 0.15) is 17.3 Å². The molecule has 0 radical (unpaired) electrons. The molecule has 0 saturated carbocycles. The lowest BCUT2D eigenvalue weighted by Crippen LogP contribution is -1.93. The van der Waals surface area contributed by atoms with Crippen LogP contribution in [0, 0.1) is 11.6 Å². The SMILES string of the molecule is Nc1onc(-c2c(F)cccc2F)c1-c1ccccc1Br. The Morgan fingerprint density at radius 3 is 2.29 bits per heavy atom. The second-order valence-corrected chi connectivity index (χ2v) is 5.20. The van der Waals surface area contributed by atoms with E-state index >= 15 is 0 Å². The van der Waals surface area contributed by atoms with Crippen LogP contribution in [0.3, 0.4) is 0 Å². The number of hydrogen-bond donors (Lipinski definition) is 1. The Morgan fingerprint density at radius 2 is 1.62 bits per heavy atom. The van der Waals surface area contributed by atoms with Gasteiger partial charge in [-0.2, -0.15) is 0 Å². The number of nitrogens with zero attached hydrogens (tertiary/aromatic N) is 1. The predicted molar refractivity (Wildman–Crippen MR) is 79.4 cm³/mol. The Hall–Kier alpha value is -2.21. The summed E-state index contributed by atoms with van der Waals surface area (Å²) in [4.78, 5) is 0. The van der Waals surface area contributed by atoms with Crippen LogP contribution in [0.2, 0.25) is 0 Å². The lowest BCUT2D eigenvalue weighted by molar-refractivity contribution is 0.438. The highest BCUT2D eigenvalue weighted by Crippen LogP contribution is 2.40. The minimum absolute atomic E-state index is 0.000414. The summed E-state index contributed by atoms with van der Waals surface area (Å²) < 4.78 is 33.6. The fourth-order valence-corrected chi connectivity index (χ4v) is 2.60. The molecule has 0 atom stereocenters. The van der Waals surface area contributed by atoms with Gasteiger partial charge in [-0.15, -0.1) is 0 Å². The zero-order valence-electron chi connectivity index (χ0n) is 10.6. The average Bonchev–Trinajstić information content (AvgIpc) is 2.81. The molecule has 0 aliphatic carbocycles. The van der Waals surface area contributed by atoms with Crippen LogP contribution in [0.1, 0.15) is 0 Å². The van der Waals surface area contributed by atoms with E-state index in [1.54, 1.807) is 18.2 Å². The van der Waals surface area contributed by atoms with Gasteiger partial charge in [-0.1, -0.05) is 45.4 Å². The molecule has 3 rings (SSSR count). The van der Waals surface area contributed by atoms with Crippen molar-refractivity contribution in [2.75, 3.05) is 5.73 Å². The second-order valence-electron chi connectivity index (χ2n) is 4.35. The molecule has 1 aromatic heterocycles. The first-order valence-corrected chi connectivity index (χ1v) is 6.83. The molecule has 1 heterocycles. The first-order chi connectivity index (χ1) is 10.1. The van der Waals surface area contributed by atoms with Gasteiger partial charge in [-0.3, -0.25) is 0 Å². The van der Waals surface area contributed by atoms with Crippen molar-refractivity contribution in [2.45, 2.75) is 0 Å². The normalized spacial score (nSPS) is 10.8. The van der Waals surface area contributed by atoms with Crippen LogP contribution in [-0.4, -0.2) is 5.16 Å². The van der Waals surface area contributed by atoms with Crippen LogP contribution in [-0.2, 0) is 0 Å². The number of nitrogen functional groups attached to an aromatic ring is 1. The maximum Gasteiger partial charge on any atom is 0.230 e. The summed E-state index contributed by atoms with van der Waals surface area (Å²) in [5.74, 6) is -1.45. The van der Waals surface area contributed by atoms with Gasteiger partial charge in [-0.05, 0) is 18.2 Å². The fourth-order valence-electron chi connectivity index (χ4n) is 2.12. The molecule has 3 aromatic rings. The van der Waals surface area contributed by atoms with Crippen molar-refractivity contribution in [3.63, 3.8) is 0 Å². The van der Waals surface area contributed by atoms with Crippen molar-refractivity contribution < 1.29 is 13.3 Å². The van der Waals surface area contributed by atoms with Gasteiger partial charge < -0.3 is 10.3 Å². The monoisotopic (exact) mass is 350 g/mol. The largest absolute Gasteiger partial charge is 0.367 e. The molecule has 0 aliphatic heterocycles. The first-order valence-electron chi connectivity index (χ1n) is 6.04. The van der Waals surface area contributed by atoms with Crippen LogP contribution in [0.25, 0.3) is 22.4 Å². The molecule has 0 unspecified atom stereocenters. The molecular weight excluding hydrogens is 342 g/mol. The molecule has 0 fully saturated rings. The van der Waals surface area contributed by atoms with Gasteiger partial charge >= 0.3 is 0 Å². The molecule has 21 heavy (non-hydrogen) atoms. The third kappa shape index (κ3) is 2.31. The molecule has 0 saturated heterocycles. The maximum atomic E-state index is 14.0. The summed E-state index contributed by atoms with van der Waals surface area (Å²) in [5.41, 5.74) is 6.56. The van der Waals surface area contributed by atoms with Gasteiger partial charge in [-0.25, -0.2) is 8.78 Å². The quantitative estimate of drug-likeness (QED) is 0.732. The summed E-state index contributed by atoms with van der Waals surface area (Å²) in [7, 11) is 0. The second kappa shape index (κ2) is 5.29. The Morgan fingerprint density at radius 1 is 0.952 bits per heavy atom. The van der Waals surface area contributed by atoms with Crippen molar-refractivity contribution in [3.8, 4) is 22.4 Å². The van der Waals surface area contributed by atoms with E-state index in [-0.39, 0.29) is 17.1 Å². The van der Waals surface area contributed by atoms with Crippen LogP contribution in [0.15, 0.2) is 51.5 Å². The Labute approximate surface area is 127 Å². The Balaban J connectivity index is 2.31. The zero-order valence-corrected chi connectivity index (χ0v) is 12.2. The van der Waals surface area contributed by atoms with Crippen molar-refractivity contribution in [1.29, 1.82) is 0 Å². The maximum absolute atomic E-state index is 14.0. The number of nitrogens with two attached hydrogens (primary N) is 1. The molecule has 0 aliphatic rings. The summed E-state index contributed by atoms with van der Waals surface area (Å²) in [5, 5.41) is 3.72. The minimum Gasteiger partial charge on any atom is -0.367 e. The number of rotatable bonds is 2. The molecule has 2 N–H and O–H groups in total. The van der Waals surface area contributed by atoms with E-state index in [4.69, 9.17) is 10.3 Å². The third-order valence-corrected chi connectivity index (χ3v) is 3.75. The molecule has 3 nitrogen and oxygen atoms in total. The number of hydrogen-bond acceptors (Lipinski definition) is 3. The minimum atomic E-state index is -0.725. The van der Waals surface area contributed by atoms with E-state index in [0.29, 0.717) is 11.1 Å². The topological polar surface area (TPSA) is 52.0 Å². The lowest BCUT2D eigenvalue weighted by Gasteiger charge is -2.06. The van der Waals surface area contributed by atoms with E-state index < -0.39 is 11.6 Å². The van der Waals surface area contributed by atoms with Crippen molar-refractivity contribution >= 4 is 21.8 Å². The van der Waals surface area contributed by atoms with E-state index in [1.807, 2.05) is 6.07 Å². The summed E-state index contributed by atoms with van der Waals surface area (Å²) in [6.45, 7) is 0. The lowest BCUT2D eigenvalue weighted by atomic mass is 10.0. The van der Waals surface area contributed by atoms with Gasteiger partial charge in [0.05, 0.1) is 11.1 Å². The number of anilines is 1. The van der Waals surface area contributed by atoms with Gasteiger partial charge in [0, 0.05) is 10.0 Å². The van der Waals surface area contributed by atoms with Gasteiger partial charge in [0.2, 0.25) is 5.88 Å². The summed E-state index contributed by atoms with van der Waals surface area (Å²) >= 11 is 3.38. The Bertz CT molecular complexity index is 797. The summed E-state index contributed by atoms with van der Waals surface area (Å²) in [6, 6.07) is 10.8. The smallest absolute Gasteiger partial charge is 0.230 e. The predicted octanol–water partition coefficient (Wildman–Crippen LogP) is 4.63. The van der Waals surface area contributed by atoms with E-state index in [9.17, 15) is 8.78 Å². The highest BCUT2D eigenvalue weighted by atomic mass is 79.9. The molecule has 6 heteroatoms. The molecule has 106 valence electrons. The standard InChI is InChI=1S/C15H9BrF2N2O/c16-9-5-2-1-4-8(9)12-14(20-21-15(12)19)13-10(17)6-3-7-11(13)18/h1-7H,19H2. The van der Waals surface area contributed by atoms with Crippen LogP contribution >= 0.6 is 15.9 Å². The number of halogens is 3. The number of aromatic nitrogens is 1. The van der Waals surface area contributed by atoms with Crippen molar-refractivity contribution in [3.05, 3.63) is 58.6 Å². The molecule has 2 aromatic carbocycles. The highest BCUT2D eigenvalue weighted by Gasteiger charge is 2.23. The first kappa shape index (κ1) is 13.8. The number of benzene rings is 2. The van der Waals surface area contributed by atoms with E-state index in [0.717, 1.165) is 16.6 Å². The van der Waals surface area contributed by atoms with E-state index in [1.165, 1.54) is 6.07 Å². The fraction of sp³-hybridized carbons (Fsp3) is 0. The third-order valence-electron chi connectivity index (χ3n) is 3.06.